The number of nitrogens with one attached hydrogen (secondary N) is 1. The predicted octanol–water partition coefficient (Wildman–Crippen LogP) is 2.73. The molecule has 2 amide bonds. The summed E-state index contributed by atoms with van der Waals surface area (Å²) in [5, 5.41) is 3.03. The molecule has 9 heteroatoms. The van der Waals surface area contributed by atoms with Gasteiger partial charge in [0.1, 0.15) is 6.04 Å². The van der Waals surface area contributed by atoms with Crippen LogP contribution in [0.4, 0.5) is 13.2 Å². The number of hydrogen-bond acceptors (Lipinski definition) is 4. The van der Waals surface area contributed by atoms with Crippen LogP contribution >= 0.6 is 0 Å². The summed E-state index contributed by atoms with van der Waals surface area (Å²) in [6.07, 6.45) is -2.44. The summed E-state index contributed by atoms with van der Waals surface area (Å²) < 4.78 is 38.5. The number of alkyl halides is 3. The van der Waals surface area contributed by atoms with Crippen LogP contribution in [0.25, 0.3) is 0 Å². The first-order valence-corrected chi connectivity index (χ1v) is 11.3. The number of rotatable bonds is 7. The van der Waals surface area contributed by atoms with E-state index in [1.54, 1.807) is 0 Å². The molecule has 1 aromatic carbocycles. The quantitative estimate of drug-likeness (QED) is 0.689. The molecule has 0 bridgehead atoms. The molecule has 3 atom stereocenters. The summed E-state index contributed by atoms with van der Waals surface area (Å²) in [6.45, 7) is 6.92. The van der Waals surface area contributed by atoms with Gasteiger partial charge in [-0.25, -0.2) is 0 Å². The lowest BCUT2D eigenvalue weighted by Crippen LogP contribution is -2.49. The maximum atomic E-state index is 12.9. The minimum atomic E-state index is -4.36. The molecule has 6 nitrogen and oxygen atoms in total. The Balaban J connectivity index is 1.65. The lowest BCUT2D eigenvalue weighted by molar-refractivity contribution is -0.137. The average molecular weight is 455 g/mol. The topological polar surface area (TPSA) is 55.9 Å². The molecule has 1 N–H and O–H groups in total. The van der Waals surface area contributed by atoms with Crippen molar-refractivity contribution in [1.82, 2.24) is 20.0 Å². The summed E-state index contributed by atoms with van der Waals surface area (Å²) in [7, 11) is 2.01. The van der Waals surface area contributed by atoms with Crippen molar-refractivity contribution in [2.45, 2.75) is 64.0 Å². The molecule has 3 rings (SSSR count). The number of halogens is 3. The zero-order valence-corrected chi connectivity index (χ0v) is 19.0. The smallest absolute Gasteiger partial charge is 0.353 e. The standard InChI is InChI=1S/C23H33F3N4O2/c1-4-29(5-2)20(31)11-10-18-14-27-22(32)21-19(28(18)3)12-13-30(21)15-16-6-8-17(9-7-16)23(24,25)26/h6-9,18-19,21H,4-5,10-15H2,1-3H3,(H,27,32)/t18-,19+,21-/m0/s1. The summed E-state index contributed by atoms with van der Waals surface area (Å²) in [6, 6.07) is 4.87. The fourth-order valence-electron chi connectivity index (χ4n) is 4.88. The Bertz CT molecular complexity index is 795. The maximum absolute atomic E-state index is 12.9. The van der Waals surface area contributed by atoms with Crippen molar-refractivity contribution in [2.75, 3.05) is 33.2 Å². The van der Waals surface area contributed by atoms with E-state index in [0.717, 1.165) is 24.1 Å². The third kappa shape index (κ3) is 5.43. The summed E-state index contributed by atoms with van der Waals surface area (Å²) >= 11 is 0. The Labute approximate surface area is 187 Å². The monoisotopic (exact) mass is 454 g/mol. The van der Waals surface area contributed by atoms with Gasteiger partial charge in [0.05, 0.1) is 5.56 Å². The van der Waals surface area contributed by atoms with E-state index >= 15 is 0 Å². The van der Waals surface area contributed by atoms with Gasteiger partial charge in [-0.3, -0.25) is 19.4 Å². The normalized spacial score (nSPS) is 24.7. The first kappa shape index (κ1) is 24.5. The maximum Gasteiger partial charge on any atom is 0.416 e. The zero-order chi connectivity index (χ0) is 23.5. The Hall–Kier alpha value is -2.13. The van der Waals surface area contributed by atoms with Crippen molar-refractivity contribution >= 4 is 11.8 Å². The Kier molecular flexibility index (Phi) is 7.82. The molecule has 2 saturated heterocycles. The molecule has 1 aromatic rings. The molecule has 0 aromatic heterocycles. The summed E-state index contributed by atoms with van der Waals surface area (Å²) in [4.78, 5) is 31.4. The van der Waals surface area contributed by atoms with E-state index in [0.29, 0.717) is 45.6 Å². The molecule has 178 valence electrons. The number of nitrogens with zero attached hydrogens (tertiary/aromatic N) is 3. The molecule has 0 saturated carbocycles. The molecule has 2 aliphatic rings. The van der Waals surface area contributed by atoms with Crippen LogP contribution in [0.2, 0.25) is 0 Å². The van der Waals surface area contributed by atoms with Crippen LogP contribution in [-0.4, -0.2) is 77.9 Å². The highest BCUT2D eigenvalue weighted by molar-refractivity contribution is 5.83. The van der Waals surface area contributed by atoms with Gasteiger partial charge >= 0.3 is 6.18 Å². The Morgan fingerprint density at radius 1 is 1.19 bits per heavy atom. The second kappa shape index (κ2) is 10.2. The van der Waals surface area contributed by atoms with Crippen LogP contribution in [0, 0.1) is 0 Å². The molecule has 0 radical (unpaired) electrons. The van der Waals surface area contributed by atoms with Crippen LogP contribution in [-0.2, 0) is 22.3 Å². The van der Waals surface area contributed by atoms with Gasteiger partial charge in [-0.15, -0.1) is 0 Å². The predicted molar refractivity (Wildman–Crippen MR) is 116 cm³/mol. The molecule has 0 unspecified atom stereocenters. The van der Waals surface area contributed by atoms with E-state index in [4.69, 9.17) is 0 Å². The van der Waals surface area contributed by atoms with E-state index in [9.17, 15) is 22.8 Å². The van der Waals surface area contributed by atoms with Gasteiger partial charge in [0.2, 0.25) is 11.8 Å². The molecular formula is C23H33F3N4O2. The number of likely N-dealkylation sites (tertiary alicyclic amines) is 1. The minimum Gasteiger partial charge on any atom is -0.353 e. The Morgan fingerprint density at radius 3 is 2.44 bits per heavy atom. The van der Waals surface area contributed by atoms with Gasteiger partial charge in [0.25, 0.3) is 0 Å². The van der Waals surface area contributed by atoms with Crippen molar-refractivity contribution in [3.05, 3.63) is 35.4 Å². The number of benzene rings is 1. The number of amides is 2. The third-order valence-electron chi connectivity index (χ3n) is 6.82. The lowest BCUT2D eigenvalue weighted by atomic mass is 10.0. The van der Waals surface area contributed by atoms with Gasteiger partial charge < -0.3 is 10.2 Å². The number of carbonyl (C=O) groups is 2. The molecule has 0 spiro atoms. The van der Waals surface area contributed by atoms with Crippen LogP contribution in [0.5, 0.6) is 0 Å². The van der Waals surface area contributed by atoms with E-state index in [1.165, 1.54) is 12.1 Å². The van der Waals surface area contributed by atoms with Gasteiger partial charge in [0.15, 0.2) is 0 Å². The van der Waals surface area contributed by atoms with Gasteiger partial charge in [0, 0.05) is 51.2 Å². The van der Waals surface area contributed by atoms with Crippen molar-refractivity contribution < 1.29 is 22.8 Å². The van der Waals surface area contributed by atoms with Crippen molar-refractivity contribution in [2.24, 2.45) is 0 Å². The fourth-order valence-corrected chi connectivity index (χ4v) is 4.88. The number of hydrogen-bond donors (Lipinski definition) is 1. The molecule has 2 aliphatic heterocycles. The van der Waals surface area contributed by atoms with E-state index in [1.807, 2.05) is 30.7 Å². The highest BCUT2D eigenvalue weighted by Crippen LogP contribution is 2.31. The van der Waals surface area contributed by atoms with Crippen molar-refractivity contribution in [3.8, 4) is 0 Å². The highest BCUT2D eigenvalue weighted by atomic mass is 19.4. The van der Waals surface area contributed by atoms with Crippen molar-refractivity contribution in [1.29, 1.82) is 0 Å². The molecule has 2 fully saturated rings. The van der Waals surface area contributed by atoms with Gasteiger partial charge in [-0.2, -0.15) is 13.2 Å². The molecule has 0 aliphatic carbocycles. The lowest BCUT2D eigenvalue weighted by Gasteiger charge is -2.33. The van der Waals surface area contributed by atoms with Gasteiger partial charge in [-0.1, -0.05) is 12.1 Å². The second-order valence-corrected chi connectivity index (χ2v) is 8.64. The number of carbonyl (C=O) groups excluding carboxylic acids is 2. The highest BCUT2D eigenvalue weighted by Gasteiger charge is 2.45. The van der Waals surface area contributed by atoms with E-state index < -0.39 is 11.7 Å². The number of likely N-dealkylation sites (N-methyl/N-ethyl adjacent to an activating group) is 1. The van der Waals surface area contributed by atoms with Crippen LogP contribution in [0.3, 0.4) is 0 Å². The SMILES string of the molecule is CCN(CC)C(=O)CC[C@H]1CNC(=O)[C@@H]2[C@@H](CCN2Cc2ccc(C(F)(F)F)cc2)N1C. The van der Waals surface area contributed by atoms with E-state index in [2.05, 4.69) is 10.2 Å². The van der Waals surface area contributed by atoms with Crippen LogP contribution in [0.15, 0.2) is 24.3 Å². The second-order valence-electron chi connectivity index (χ2n) is 8.64. The fraction of sp³-hybridized carbons (Fsp3) is 0.652. The molecule has 2 heterocycles. The molecular weight excluding hydrogens is 421 g/mol. The zero-order valence-electron chi connectivity index (χ0n) is 19.0. The van der Waals surface area contributed by atoms with E-state index in [-0.39, 0.29) is 29.9 Å². The molecule has 32 heavy (non-hydrogen) atoms. The average Bonchev–Trinajstić information content (AvgIpc) is 3.12. The first-order valence-electron chi connectivity index (χ1n) is 11.3. The van der Waals surface area contributed by atoms with Crippen LogP contribution < -0.4 is 5.32 Å². The van der Waals surface area contributed by atoms with Gasteiger partial charge in [-0.05, 0) is 51.4 Å². The first-order chi connectivity index (χ1) is 15.2. The van der Waals surface area contributed by atoms with Crippen LogP contribution in [0.1, 0.15) is 44.2 Å². The third-order valence-corrected chi connectivity index (χ3v) is 6.82. The minimum absolute atomic E-state index is 0.0144. The largest absolute Gasteiger partial charge is 0.416 e. The van der Waals surface area contributed by atoms with Crippen molar-refractivity contribution in [3.63, 3.8) is 0 Å². The summed E-state index contributed by atoms with van der Waals surface area (Å²) in [5.74, 6) is 0.0784. The Morgan fingerprint density at radius 2 is 1.84 bits per heavy atom. The summed E-state index contributed by atoms with van der Waals surface area (Å²) in [5.41, 5.74) is 0.0781. The number of fused-ring (bicyclic) bond motifs is 1.